The third-order valence-electron chi connectivity index (χ3n) is 3.22. The van der Waals surface area contributed by atoms with E-state index in [0.29, 0.717) is 19.7 Å². The summed E-state index contributed by atoms with van der Waals surface area (Å²) in [5, 5.41) is 5.10. The lowest BCUT2D eigenvalue weighted by atomic mass is 10.1. The highest BCUT2D eigenvalue weighted by molar-refractivity contribution is 6.31. The molecule has 0 aliphatic heterocycles. The van der Waals surface area contributed by atoms with E-state index in [4.69, 9.17) is 22.1 Å². The van der Waals surface area contributed by atoms with Crippen LogP contribution in [-0.4, -0.2) is 22.9 Å². The minimum absolute atomic E-state index is 0.564. The number of hydrogen-bond acceptors (Lipinski definition) is 3. The van der Waals surface area contributed by atoms with Gasteiger partial charge in [-0.15, -0.1) is 0 Å². The molecule has 2 aromatic rings. The summed E-state index contributed by atoms with van der Waals surface area (Å²) in [6, 6.07) is 8.03. The van der Waals surface area contributed by atoms with Crippen LogP contribution in [0.4, 0.5) is 0 Å². The minimum Gasteiger partial charge on any atom is -0.492 e. The van der Waals surface area contributed by atoms with Gasteiger partial charge in [0.1, 0.15) is 12.4 Å². The van der Waals surface area contributed by atoms with Crippen molar-refractivity contribution in [3.05, 3.63) is 46.2 Å². The van der Waals surface area contributed by atoms with Crippen molar-refractivity contribution in [2.24, 2.45) is 5.73 Å². The van der Waals surface area contributed by atoms with Gasteiger partial charge in [0.25, 0.3) is 0 Å². The number of nitrogens with zero attached hydrogens (tertiary/aromatic N) is 2. The highest BCUT2D eigenvalue weighted by Gasteiger charge is 2.08. The van der Waals surface area contributed by atoms with Gasteiger partial charge >= 0.3 is 0 Å². The summed E-state index contributed by atoms with van der Waals surface area (Å²) in [7, 11) is 0. The van der Waals surface area contributed by atoms with Gasteiger partial charge in [0.15, 0.2) is 0 Å². The van der Waals surface area contributed by atoms with Gasteiger partial charge in [-0.05, 0) is 44.5 Å². The van der Waals surface area contributed by atoms with Crippen LogP contribution < -0.4 is 10.5 Å². The fourth-order valence-electron chi connectivity index (χ4n) is 2.06. The normalized spacial score (nSPS) is 10.8. The molecule has 0 bridgehead atoms. The van der Waals surface area contributed by atoms with Crippen molar-refractivity contribution in [2.75, 3.05) is 13.2 Å². The zero-order chi connectivity index (χ0) is 14.5. The van der Waals surface area contributed by atoms with E-state index in [-0.39, 0.29) is 0 Å². The summed E-state index contributed by atoms with van der Waals surface area (Å²) in [4.78, 5) is 0. The Labute approximate surface area is 124 Å². The van der Waals surface area contributed by atoms with Crippen LogP contribution >= 0.6 is 11.6 Å². The van der Waals surface area contributed by atoms with E-state index in [2.05, 4.69) is 5.10 Å². The molecule has 0 atom stereocenters. The molecule has 0 saturated carbocycles. The fraction of sp³-hybridized carbons (Fsp3) is 0.400. The molecular weight excluding hydrogens is 274 g/mol. The molecule has 0 fully saturated rings. The third kappa shape index (κ3) is 3.52. The van der Waals surface area contributed by atoms with E-state index in [1.54, 1.807) is 0 Å². The third-order valence-corrected chi connectivity index (χ3v) is 3.77. The van der Waals surface area contributed by atoms with Crippen molar-refractivity contribution in [1.29, 1.82) is 0 Å². The van der Waals surface area contributed by atoms with Crippen molar-refractivity contribution in [3.8, 4) is 5.75 Å². The molecule has 1 aromatic heterocycles. The van der Waals surface area contributed by atoms with Gasteiger partial charge in [0.2, 0.25) is 0 Å². The van der Waals surface area contributed by atoms with Crippen molar-refractivity contribution >= 4 is 11.6 Å². The largest absolute Gasteiger partial charge is 0.492 e. The van der Waals surface area contributed by atoms with Crippen LogP contribution in [0.5, 0.6) is 5.75 Å². The molecule has 0 saturated heterocycles. The van der Waals surface area contributed by atoms with E-state index in [1.807, 2.05) is 42.8 Å². The number of aryl methyl sites for hydroxylation is 1. The van der Waals surface area contributed by atoms with Gasteiger partial charge in [0, 0.05) is 0 Å². The van der Waals surface area contributed by atoms with Crippen molar-refractivity contribution in [2.45, 2.75) is 26.8 Å². The molecule has 5 heteroatoms. The lowest BCUT2D eigenvalue weighted by Gasteiger charge is -2.08. The summed E-state index contributed by atoms with van der Waals surface area (Å²) < 4.78 is 7.59. The molecule has 0 radical (unpaired) electrons. The molecule has 2 rings (SSSR count). The topological polar surface area (TPSA) is 53.1 Å². The Bertz CT molecular complexity index is 563. The van der Waals surface area contributed by atoms with Crippen molar-refractivity contribution in [3.63, 3.8) is 0 Å². The Balaban J connectivity index is 1.87. The number of nitrogens with two attached hydrogens (primary N) is 1. The molecule has 1 aromatic carbocycles. The second-order valence-corrected chi connectivity index (χ2v) is 5.12. The number of hydrogen-bond donors (Lipinski definition) is 1. The Hall–Kier alpha value is -1.52. The molecule has 0 aliphatic carbocycles. The van der Waals surface area contributed by atoms with Crippen LogP contribution in [0.1, 0.15) is 17.0 Å². The summed E-state index contributed by atoms with van der Waals surface area (Å²) in [5.74, 6) is 0.860. The van der Waals surface area contributed by atoms with Crippen LogP contribution in [0.25, 0.3) is 0 Å². The quantitative estimate of drug-likeness (QED) is 0.891. The first-order valence-corrected chi connectivity index (χ1v) is 7.11. The zero-order valence-corrected chi connectivity index (χ0v) is 12.7. The maximum absolute atomic E-state index is 6.11. The predicted molar refractivity (Wildman–Crippen MR) is 81.4 cm³/mol. The number of ether oxygens (including phenoxy) is 1. The van der Waals surface area contributed by atoms with Crippen LogP contribution in [0.15, 0.2) is 24.3 Å². The fourth-order valence-corrected chi connectivity index (χ4v) is 2.20. The van der Waals surface area contributed by atoms with E-state index in [9.17, 15) is 0 Å². The molecule has 0 spiro atoms. The van der Waals surface area contributed by atoms with E-state index < -0.39 is 0 Å². The lowest BCUT2D eigenvalue weighted by molar-refractivity contribution is 0.289. The van der Waals surface area contributed by atoms with E-state index in [0.717, 1.165) is 28.6 Å². The predicted octanol–water partition coefficient (Wildman–Crippen LogP) is 2.73. The monoisotopic (exact) mass is 293 g/mol. The Kier molecular flexibility index (Phi) is 5.04. The molecule has 108 valence electrons. The number of benzene rings is 1. The molecule has 20 heavy (non-hydrogen) atoms. The summed E-state index contributed by atoms with van der Waals surface area (Å²) >= 11 is 6.11. The molecule has 1 heterocycles. The summed E-state index contributed by atoms with van der Waals surface area (Å²) in [5.41, 5.74) is 8.58. The summed E-state index contributed by atoms with van der Waals surface area (Å²) in [6.45, 7) is 5.78. The van der Waals surface area contributed by atoms with Crippen LogP contribution in [-0.2, 0) is 13.0 Å². The Morgan fingerprint density at radius 2 is 1.95 bits per heavy atom. The van der Waals surface area contributed by atoms with Gasteiger partial charge in [-0.1, -0.05) is 23.7 Å². The highest BCUT2D eigenvalue weighted by Crippen LogP contribution is 2.19. The Morgan fingerprint density at radius 1 is 1.25 bits per heavy atom. The molecule has 4 nitrogen and oxygen atoms in total. The number of aromatic nitrogens is 2. The average molecular weight is 294 g/mol. The van der Waals surface area contributed by atoms with E-state index in [1.165, 1.54) is 5.56 Å². The first-order valence-electron chi connectivity index (χ1n) is 6.73. The second-order valence-electron chi connectivity index (χ2n) is 4.74. The molecule has 0 amide bonds. The minimum atomic E-state index is 0.564. The van der Waals surface area contributed by atoms with Crippen LogP contribution in [0.3, 0.4) is 0 Å². The van der Waals surface area contributed by atoms with Gasteiger partial charge in [0.05, 0.1) is 23.0 Å². The van der Waals surface area contributed by atoms with Crippen molar-refractivity contribution < 1.29 is 4.74 Å². The van der Waals surface area contributed by atoms with E-state index >= 15 is 0 Å². The molecule has 2 N–H and O–H groups in total. The lowest BCUT2D eigenvalue weighted by Crippen LogP contribution is -2.11. The van der Waals surface area contributed by atoms with Crippen molar-refractivity contribution in [1.82, 2.24) is 9.78 Å². The maximum atomic E-state index is 6.11. The Morgan fingerprint density at radius 3 is 2.50 bits per heavy atom. The van der Waals surface area contributed by atoms with Gasteiger partial charge < -0.3 is 10.5 Å². The number of rotatable bonds is 6. The van der Waals surface area contributed by atoms with Gasteiger partial charge in [-0.25, -0.2) is 0 Å². The number of halogens is 1. The maximum Gasteiger partial charge on any atom is 0.119 e. The van der Waals surface area contributed by atoms with Crippen LogP contribution in [0.2, 0.25) is 5.02 Å². The molecule has 0 unspecified atom stereocenters. The second kappa shape index (κ2) is 6.77. The van der Waals surface area contributed by atoms with Gasteiger partial charge in [-0.3, -0.25) is 4.68 Å². The molecular formula is C15H20ClN3O. The highest BCUT2D eigenvalue weighted by atomic mass is 35.5. The standard InChI is InChI=1S/C15H20ClN3O/c1-11-15(16)12(2)19(18-11)9-10-20-14-5-3-13(4-6-14)7-8-17/h3-6H,7-10,17H2,1-2H3. The smallest absolute Gasteiger partial charge is 0.119 e. The van der Waals surface area contributed by atoms with Crippen LogP contribution in [0, 0.1) is 13.8 Å². The first kappa shape index (κ1) is 14.9. The first-order chi connectivity index (χ1) is 9.61. The SMILES string of the molecule is Cc1nn(CCOc2ccc(CCN)cc2)c(C)c1Cl. The molecule has 0 aliphatic rings. The zero-order valence-electron chi connectivity index (χ0n) is 11.9. The summed E-state index contributed by atoms with van der Waals surface area (Å²) in [6.07, 6.45) is 0.893. The van der Waals surface area contributed by atoms with Gasteiger partial charge in [-0.2, -0.15) is 5.10 Å². The average Bonchev–Trinajstić information content (AvgIpc) is 2.69.